The quantitative estimate of drug-likeness (QED) is 0.345. The van der Waals surface area contributed by atoms with Crippen molar-refractivity contribution in [2.45, 2.75) is 38.5 Å². The van der Waals surface area contributed by atoms with Gasteiger partial charge < -0.3 is 30.0 Å². The maximum absolute atomic E-state index is 13.4. The molecule has 2 aliphatic rings. The fourth-order valence-corrected chi connectivity index (χ4v) is 4.87. The summed E-state index contributed by atoms with van der Waals surface area (Å²) in [6.07, 6.45) is 3.45. The number of piperazine rings is 1. The lowest BCUT2D eigenvalue weighted by Crippen LogP contribution is -2.56. The van der Waals surface area contributed by atoms with E-state index in [1.54, 1.807) is 30.3 Å². The number of likely N-dealkylation sites (tertiary alicyclic amines) is 1. The molecule has 2 aromatic heterocycles. The summed E-state index contributed by atoms with van der Waals surface area (Å²) in [6, 6.07) is 11.6. The Labute approximate surface area is 214 Å². The molecule has 5 rings (SSSR count). The molecule has 0 aliphatic carbocycles. The Balaban J connectivity index is 1.45. The van der Waals surface area contributed by atoms with Crippen molar-refractivity contribution in [2.75, 3.05) is 26.2 Å². The summed E-state index contributed by atoms with van der Waals surface area (Å²) < 4.78 is 12.6. The highest BCUT2D eigenvalue weighted by Gasteiger charge is 2.38. The Hall–Kier alpha value is -4.12. The molecule has 2 saturated heterocycles. The second-order valence-electron chi connectivity index (χ2n) is 9.36. The molecule has 2 amide bonds. The van der Waals surface area contributed by atoms with E-state index in [-0.39, 0.29) is 42.2 Å². The Morgan fingerprint density at radius 2 is 1.95 bits per heavy atom. The molecule has 194 valence electrons. The number of carbonyl (C=O) groups excluding carboxylic acids is 2. The fraction of sp³-hybridized carbons (Fsp3) is 0.385. The van der Waals surface area contributed by atoms with Crippen LogP contribution in [0.1, 0.15) is 53.2 Å². The van der Waals surface area contributed by atoms with Gasteiger partial charge in [0.25, 0.3) is 0 Å². The predicted octanol–water partition coefficient (Wildman–Crippen LogP) is 2.58. The van der Waals surface area contributed by atoms with Crippen LogP contribution in [0.15, 0.2) is 53.1 Å². The topological polar surface area (TPSA) is 143 Å². The molecule has 2 atom stereocenters. The van der Waals surface area contributed by atoms with Crippen molar-refractivity contribution in [1.82, 2.24) is 24.9 Å². The van der Waals surface area contributed by atoms with Gasteiger partial charge in [0, 0.05) is 43.9 Å². The van der Waals surface area contributed by atoms with E-state index in [1.165, 1.54) is 10.9 Å². The number of nitrogens with zero attached hydrogens (tertiary/aromatic N) is 4. The van der Waals surface area contributed by atoms with Crippen LogP contribution in [-0.2, 0) is 6.61 Å². The first-order chi connectivity index (χ1) is 17.9. The van der Waals surface area contributed by atoms with Gasteiger partial charge in [0.15, 0.2) is 5.76 Å². The number of nitrogens with two attached hydrogens (primary N) is 1. The van der Waals surface area contributed by atoms with Crippen LogP contribution in [0.4, 0.5) is 4.79 Å². The van der Waals surface area contributed by atoms with Crippen LogP contribution in [0.5, 0.6) is 5.88 Å². The number of urea groups is 1. The number of nitrogen functional groups attached to an aromatic ring is 1. The molecule has 4 heterocycles. The number of amidine groups is 1. The summed E-state index contributed by atoms with van der Waals surface area (Å²) in [4.78, 5) is 30.4. The Morgan fingerprint density at radius 3 is 2.62 bits per heavy atom. The van der Waals surface area contributed by atoms with Crippen molar-refractivity contribution >= 4 is 17.8 Å². The van der Waals surface area contributed by atoms with E-state index >= 15 is 0 Å². The highest BCUT2D eigenvalue weighted by atomic mass is 16.5. The molecule has 2 fully saturated rings. The summed E-state index contributed by atoms with van der Waals surface area (Å²) in [5.74, 6) is -0.0991. The SMILES string of the molecule is CC1NCCN(C(=O)N2CCCC2)C1c1cc(OCc2ccc(C(=N)N)cc2)n(C(=O)c2ccco2)n1. The summed E-state index contributed by atoms with van der Waals surface area (Å²) >= 11 is 0. The smallest absolute Gasteiger partial charge is 0.320 e. The molecule has 4 N–H and O–H groups in total. The lowest BCUT2D eigenvalue weighted by atomic mass is 10.0. The van der Waals surface area contributed by atoms with Crippen molar-refractivity contribution in [3.05, 3.63) is 71.3 Å². The molecule has 3 aromatic rings. The summed E-state index contributed by atoms with van der Waals surface area (Å²) in [5, 5.41) is 15.6. The zero-order chi connectivity index (χ0) is 25.9. The molecule has 0 saturated carbocycles. The van der Waals surface area contributed by atoms with E-state index in [9.17, 15) is 9.59 Å². The van der Waals surface area contributed by atoms with Gasteiger partial charge in [0.05, 0.1) is 18.0 Å². The van der Waals surface area contributed by atoms with Crippen LogP contribution < -0.4 is 15.8 Å². The van der Waals surface area contributed by atoms with Crippen molar-refractivity contribution in [3.8, 4) is 5.88 Å². The van der Waals surface area contributed by atoms with Crippen molar-refractivity contribution in [1.29, 1.82) is 5.41 Å². The van der Waals surface area contributed by atoms with Crippen molar-refractivity contribution in [2.24, 2.45) is 5.73 Å². The normalized spacial score (nSPS) is 19.7. The number of aromatic nitrogens is 2. The Morgan fingerprint density at radius 1 is 1.19 bits per heavy atom. The summed E-state index contributed by atoms with van der Waals surface area (Å²) in [5.41, 5.74) is 7.56. The third kappa shape index (κ3) is 5.08. The highest BCUT2D eigenvalue weighted by molar-refractivity contribution is 5.95. The standard InChI is InChI=1S/C26H31N7O4/c1-17-23(32(13-10-29-17)26(35)31-11-2-3-12-31)20-15-22(33(30-20)25(34)21-5-4-14-36-21)37-16-18-6-8-19(9-7-18)24(27)28/h4-9,14-15,17,23,29H,2-3,10-13,16H2,1H3,(H3,27,28). The molecule has 11 heteroatoms. The van der Waals surface area contributed by atoms with Gasteiger partial charge in [0.1, 0.15) is 12.4 Å². The average molecular weight is 506 g/mol. The van der Waals surface area contributed by atoms with E-state index in [0.29, 0.717) is 24.3 Å². The first-order valence-corrected chi connectivity index (χ1v) is 12.5. The van der Waals surface area contributed by atoms with E-state index in [1.807, 2.05) is 28.9 Å². The molecule has 37 heavy (non-hydrogen) atoms. The molecule has 0 radical (unpaired) electrons. The minimum atomic E-state index is -0.466. The highest BCUT2D eigenvalue weighted by Crippen LogP contribution is 2.31. The minimum Gasteiger partial charge on any atom is -0.473 e. The largest absolute Gasteiger partial charge is 0.473 e. The van der Waals surface area contributed by atoms with Gasteiger partial charge in [-0.15, -0.1) is 0 Å². The fourth-order valence-electron chi connectivity index (χ4n) is 4.87. The van der Waals surface area contributed by atoms with E-state index in [2.05, 4.69) is 10.4 Å². The third-order valence-corrected chi connectivity index (χ3v) is 6.83. The molecule has 0 bridgehead atoms. The van der Waals surface area contributed by atoms with Crippen LogP contribution in [0.25, 0.3) is 0 Å². The average Bonchev–Trinajstić information content (AvgIpc) is 3.69. The molecular weight excluding hydrogens is 474 g/mol. The van der Waals surface area contributed by atoms with Crippen LogP contribution >= 0.6 is 0 Å². The first-order valence-electron chi connectivity index (χ1n) is 12.5. The van der Waals surface area contributed by atoms with Gasteiger partial charge in [-0.05, 0) is 37.5 Å². The monoisotopic (exact) mass is 505 g/mol. The number of rotatable bonds is 6. The number of nitrogens with one attached hydrogen (secondary N) is 2. The van der Waals surface area contributed by atoms with Crippen LogP contribution in [0.2, 0.25) is 0 Å². The molecule has 11 nitrogen and oxygen atoms in total. The number of furan rings is 1. The molecule has 1 aromatic carbocycles. The zero-order valence-corrected chi connectivity index (χ0v) is 20.7. The van der Waals surface area contributed by atoms with Crippen molar-refractivity contribution in [3.63, 3.8) is 0 Å². The second-order valence-corrected chi connectivity index (χ2v) is 9.36. The lowest BCUT2D eigenvalue weighted by Gasteiger charge is -2.41. The molecular formula is C26H31N7O4. The number of hydrogen-bond donors (Lipinski definition) is 3. The number of carbonyl (C=O) groups is 2. The summed E-state index contributed by atoms with van der Waals surface area (Å²) in [6.45, 7) is 4.92. The van der Waals surface area contributed by atoms with Gasteiger partial charge in [-0.1, -0.05) is 24.3 Å². The second kappa shape index (κ2) is 10.5. The predicted molar refractivity (Wildman–Crippen MR) is 136 cm³/mol. The van der Waals surface area contributed by atoms with Gasteiger partial charge in [-0.25, -0.2) is 4.79 Å². The first kappa shape index (κ1) is 24.6. The lowest BCUT2D eigenvalue weighted by molar-refractivity contribution is 0.0895. The van der Waals surface area contributed by atoms with Crippen molar-refractivity contribution < 1.29 is 18.7 Å². The minimum absolute atomic E-state index is 0.00390. The molecule has 0 spiro atoms. The maximum atomic E-state index is 13.4. The van der Waals surface area contributed by atoms with Gasteiger partial charge in [-0.2, -0.15) is 9.78 Å². The van der Waals surface area contributed by atoms with E-state index in [4.69, 9.17) is 20.3 Å². The van der Waals surface area contributed by atoms with E-state index in [0.717, 1.165) is 31.5 Å². The number of benzene rings is 1. The van der Waals surface area contributed by atoms with Crippen LogP contribution in [0.3, 0.4) is 0 Å². The van der Waals surface area contributed by atoms with Gasteiger partial charge >= 0.3 is 11.9 Å². The van der Waals surface area contributed by atoms with Crippen LogP contribution in [0, 0.1) is 5.41 Å². The van der Waals surface area contributed by atoms with E-state index < -0.39 is 5.91 Å². The summed E-state index contributed by atoms with van der Waals surface area (Å²) in [7, 11) is 0. The molecule has 2 aliphatic heterocycles. The zero-order valence-electron chi connectivity index (χ0n) is 20.7. The number of ether oxygens (including phenoxy) is 1. The molecule has 2 unspecified atom stereocenters. The maximum Gasteiger partial charge on any atom is 0.320 e. The number of hydrogen-bond acceptors (Lipinski definition) is 7. The van der Waals surface area contributed by atoms with Crippen LogP contribution in [-0.4, -0.2) is 69.6 Å². The Bertz CT molecular complexity index is 1260. The number of amides is 2. The Kier molecular flexibility index (Phi) is 6.95. The van der Waals surface area contributed by atoms with Gasteiger partial charge in [0.2, 0.25) is 5.88 Å². The third-order valence-electron chi connectivity index (χ3n) is 6.83. The van der Waals surface area contributed by atoms with Gasteiger partial charge in [-0.3, -0.25) is 10.2 Å².